The molecule has 0 atom stereocenters. The summed E-state index contributed by atoms with van der Waals surface area (Å²) in [5.74, 6) is -0.535. The second-order valence-electron chi connectivity index (χ2n) is 4.00. The average molecular weight is 414 g/mol. The Bertz CT molecular complexity index is 703. The Kier molecular flexibility index (Phi) is 4.74. The Balaban J connectivity index is 2.67. The molecular weight excluding hydrogens is 406 g/mol. The van der Waals surface area contributed by atoms with Gasteiger partial charge in [-0.25, -0.2) is 13.2 Å². The molecule has 0 fully saturated rings. The van der Waals surface area contributed by atoms with E-state index < -0.39 is 24.3 Å². The molecule has 0 amide bonds. The summed E-state index contributed by atoms with van der Waals surface area (Å²) in [4.78, 5) is 12.0. The van der Waals surface area contributed by atoms with Crippen molar-refractivity contribution in [2.24, 2.45) is 0 Å². The van der Waals surface area contributed by atoms with Crippen molar-refractivity contribution in [1.29, 1.82) is 0 Å². The zero-order valence-electron chi connectivity index (χ0n) is 9.92. The summed E-state index contributed by atoms with van der Waals surface area (Å²) < 4.78 is 39.6. The van der Waals surface area contributed by atoms with Gasteiger partial charge in [-0.15, -0.1) is 0 Å². The van der Waals surface area contributed by atoms with E-state index in [4.69, 9.17) is 11.6 Å². The van der Waals surface area contributed by atoms with Gasteiger partial charge in [-0.05, 0) is 52.9 Å². The normalized spacial score (nSPS) is 11.1. The lowest BCUT2D eigenvalue weighted by molar-refractivity contribution is 0.125. The molecule has 0 aliphatic carbocycles. The van der Waals surface area contributed by atoms with E-state index in [1.165, 1.54) is 18.2 Å². The fraction of sp³-hybridized carbons (Fsp3) is 0.154. The van der Waals surface area contributed by atoms with Crippen molar-refractivity contribution in [2.75, 3.05) is 0 Å². The Hall–Kier alpha value is -1.02. The van der Waals surface area contributed by atoms with Crippen molar-refractivity contribution in [3.05, 3.63) is 55.1 Å². The molecule has 0 aliphatic rings. The quantitative estimate of drug-likeness (QED) is 0.692. The molecule has 2 aromatic rings. The van der Waals surface area contributed by atoms with Crippen LogP contribution in [0.15, 0.2) is 35.1 Å². The summed E-state index contributed by atoms with van der Waals surface area (Å²) >= 11 is 7.70. The van der Waals surface area contributed by atoms with Gasteiger partial charge >= 0.3 is 0 Å². The lowest BCUT2D eigenvalue weighted by Gasteiger charge is -2.14. The molecular formula is C13H8ClF3INO. The van der Waals surface area contributed by atoms with Crippen LogP contribution in [-0.4, -0.2) is 11.0 Å². The van der Waals surface area contributed by atoms with E-state index in [1.54, 1.807) is 22.6 Å². The number of aromatic nitrogens is 1. The van der Waals surface area contributed by atoms with Crippen LogP contribution in [0.5, 0.6) is 0 Å². The topological polar surface area (TPSA) is 22.0 Å². The van der Waals surface area contributed by atoms with E-state index in [9.17, 15) is 18.0 Å². The Morgan fingerprint density at radius 2 is 1.95 bits per heavy atom. The number of halogens is 5. The third-order valence-corrected chi connectivity index (χ3v) is 3.79. The maximum Gasteiger partial charge on any atom is 0.264 e. The second-order valence-corrected chi connectivity index (χ2v) is 5.57. The summed E-state index contributed by atoms with van der Waals surface area (Å²) in [6.07, 6.45) is -2.68. The smallest absolute Gasteiger partial charge is 0.264 e. The molecule has 0 saturated heterocycles. The summed E-state index contributed by atoms with van der Waals surface area (Å²) in [6.45, 7) is -0.737. The molecule has 2 nitrogen and oxygen atoms in total. The highest BCUT2D eigenvalue weighted by atomic mass is 127. The molecule has 2 rings (SSSR count). The summed E-state index contributed by atoms with van der Waals surface area (Å²) in [7, 11) is 0. The molecule has 0 spiro atoms. The summed E-state index contributed by atoms with van der Waals surface area (Å²) in [5.41, 5.74) is 0.0479. The largest absolute Gasteiger partial charge is 0.302 e. The molecule has 106 valence electrons. The highest BCUT2D eigenvalue weighted by Crippen LogP contribution is 2.28. The Labute approximate surface area is 131 Å². The van der Waals surface area contributed by atoms with Crippen molar-refractivity contribution in [2.45, 2.75) is 13.0 Å². The highest BCUT2D eigenvalue weighted by molar-refractivity contribution is 14.1. The van der Waals surface area contributed by atoms with E-state index in [-0.39, 0.29) is 10.7 Å². The van der Waals surface area contributed by atoms with Gasteiger partial charge in [0.2, 0.25) is 0 Å². The van der Waals surface area contributed by atoms with Crippen molar-refractivity contribution in [1.82, 2.24) is 4.57 Å². The number of hydrogen-bond acceptors (Lipinski definition) is 1. The predicted octanol–water partition coefficient (Wildman–Crippen LogP) is 4.18. The van der Waals surface area contributed by atoms with Gasteiger partial charge in [-0.2, -0.15) is 0 Å². The first kappa shape index (κ1) is 15.4. The average Bonchev–Trinajstić information content (AvgIpc) is 2.36. The molecule has 1 heterocycles. The van der Waals surface area contributed by atoms with Crippen molar-refractivity contribution in [3.63, 3.8) is 0 Å². The molecule has 0 saturated carbocycles. The van der Waals surface area contributed by atoms with Crippen LogP contribution < -0.4 is 5.56 Å². The van der Waals surface area contributed by atoms with Crippen LogP contribution in [0.25, 0.3) is 11.3 Å². The van der Waals surface area contributed by atoms with Crippen LogP contribution in [0.3, 0.4) is 0 Å². The molecule has 0 radical (unpaired) electrons. The minimum atomic E-state index is -2.68. The van der Waals surface area contributed by atoms with Gasteiger partial charge in [0, 0.05) is 5.56 Å². The van der Waals surface area contributed by atoms with E-state index in [0.29, 0.717) is 9.13 Å². The minimum Gasteiger partial charge on any atom is -0.302 e. The molecule has 1 aromatic heterocycles. The molecule has 0 aliphatic heterocycles. The van der Waals surface area contributed by atoms with Gasteiger partial charge in [0.25, 0.3) is 12.0 Å². The van der Waals surface area contributed by atoms with Crippen molar-refractivity contribution in [3.8, 4) is 11.3 Å². The molecule has 0 unspecified atom stereocenters. The number of benzene rings is 1. The van der Waals surface area contributed by atoms with Gasteiger partial charge in [-0.3, -0.25) is 4.79 Å². The van der Waals surface area contributed by atoms with Crippen molar-refractivity contribution >= 4 is 34.2 Å². The third kappa shape index (κ3) is 3.17. The summed E-state index contributed by atoms with van der Waals surface area (Å²) in [5, 5.41) is 0.0635. The van der Waals surface area contributed by atoms with Crippen LogP contribution in [-0.2, 0) is 6.54 Å². The SMILES string of the molecule is O=c1c(I)ccc(-c2ccc(F)cc2Cl)n1CC(F)F. The number of hydrogen-bond donors (Lipinski definition) is 0. The maximum absolute atomic E-state index is 13.0. The Morgan fingerprint density at radius 1 is 1.25 bits per heavy atom. The summed E-state index contributed by atoms with van der Waals surface area (Å²) in [6, 6.07) is 6.63. The fourth-order valence-corrected chi connectivity index (χ4v) is 2.54. The third-order valence-electron chi connectivity index (χ3n) is 2.66. The maximum atomic E-state index is 13.0. The number of pyridine rings is 1. The van der Waals surface area contributed by atoms with E-state index >= 15 is 0 Å². The lowest BCUT2D eigenvalue weighted by atomic mass is 10.1. The monoisotopic (exact) mass is 413 g/mol. The molecule has 7 heteroatoms. The molecule has 1 aromatic carbocycles. The van der Waals surface area contributed by atoms with Gasteiger partial charge in [0.1, 0.15) is 5.82 Å². The van der Waals surface area contributed by atoms with Crippen LogP contribution in [0.4, 0.5) is 13.2 Å². The van der Waals surface area contributed by atoms with E-state index in [0.717, 1.165) is 16.7 Å². The number of alkyl halides is 2. The zero-order valence-corrected chi connectivity index (χ0v) is 12.8. The first-order chi connectivity index (χ1) is 9.40. The second kappa shape index (κ2) is 6.17. The lowest BCUT2D eigenvalue weighted by Crippen LogP contribution is -2.26. The highest BCUT2D eigenvalue weighted by Gasteiger charge is 2.15. The van der Waals surface area contributed by atoms with E-state index in [1.807, 2.05) is 0 Å². The van der Waals surface area contributed by atoms with Gasteiger partial charge < -0.3 is 4.57 Å². The minimum absolute atomic E-state index is 0.0635. The Morgan fingerprint density at radius 3 is 2.55 bits per heavy atom. The van der Waals surface area contributed by atoms with Crippen LogP contribution in [0, 0.1) is 9.39 Å². The number of rotatable bonds is 3. The van der Waals surface area contributed by atoms with Gasteiger partial charge in [0.05, 0.1) is 20.8 Å². The van der Waals surface area contributed by atoms with Crippen molar-refractivity contribution < 1.29 is 13.2 Å². The standard InChI is InChI=1S/C13H8ClF3INO/c14-9-5-7(15)1-2-8(9)11-4-3-10(18)13(20)19(11)6-12(16)17/h1-5,12H,6H2. The molecule has 20 heavy (non-hydrogen) atoms. The first-order valence-electron chi connectivity index (χ1n) is 5.53. The van der Waals surface area contributed by atoms with Crippen LogP contribution >= 0.6 is 34.2 Å². The van der Waals surface area contributed by atoms with Crippen LogP contribution in [0.2, 0.25) is 5.02 Å². The first-order valence-corrected chi connectivity index (χ1v) is 6.98. The zero-order chi connectivity index (χ0) is 14.9. The molecule has 0 N–H and O–H groups in total. The van der Waals surface area contributed by atoms with E-state index in [2.05, 4.69) is 0 Å². The van der Waals surface area contributed by atoms with Crippen LogP contribution in [0.1, 0.15) is 0 Å². The predicted molar refractivity (Wildman–Crippen MR) is 79.8 cm³/mol. The fourth-order valence-electron chi connectivity index (χ4n) is 1.80. The van der Waals surface area contributed by atoms with Gasteiger partial charge in [0.15, 0.2) is 0 Å². The van der Waals surface area contributed by atoms with Gasteiger partial charge in [-0.1, -0.05) is 11.6 Å². The number of nitrogens with zero attached hydrogens (tertiary/aromatic N) is 1. The molecule has 0 bridgehead atoms.